The van der Waals surface area contributed by atoms with Crippen LogP contribution in [0.25, 0.3) is 22.2 Å². The van der Waals surface area contributed by atoms with Gasteiger partial charge >= 0.3 is 5.97 Å². The van der Waals surface area contributed by atoms with E-state index in [1.54, 1.807) is 42.8 Å². The first-order chi connectivity index (χ1) is 12.5. The van der Waals surface area contributed by atoms with Crippen molar-refractivity contribution in [2.24, 2.45) is 7.05 Å². The van der Waals surface area contributed by atoms with Gasteiger partial charge in [-0.2, -0.15) is 0 Å². The fourth-order valence-corrected chi connectivity index (χ4v) is 2.96. The molecule has 0 saturated carbocycles. The van der Waals surface area contributed by atoms with Gasteiger partial charge in [-0.3, -0.25) is 14.9 Å². The minimum atomic E-state index is -0.716. The van der Waals surface area contributed by atoms with Gasteiger partial charge in [-0.1, -0.05) is 30.3 Å². The van der Waals surface area contributed by atoms with E-state index >= 15 is 0 Å². The minimum absolute atomic E-state index is 0.0816. The zero-order chi connectivity index (χ0) is 18.8. The Hall–Kier alpha value is -3.48. The number of esters is 1. The van der Waals surface area contributed by atoms with Crippen molar-refractivity contribution >= 4 is 22.6 Å². The Morgan fingerprint density at radius 2 is 1.88 bits per heavy atom. The lowest BCUT2D eigenvalue weighted by atomic mass is 10.0. The summed E-state index contributed by atoms with van der Waals surface area (Å²) >= 11 is 0. The van der Waals surface area contributed by atoms with Gasteiger partial charge in [0.15, 0.2) is 0 Å². The van der Waals surface area contributed by atoms with E-state index in [1.165, 1.54) is 18.2 Å². The Balaban J connectivity index is 2.46. The molecule has 2 aromatic carbocycles. The van der Waals surface area contributed by atoms with Crippen LogP contribution in [-0.4, -0.2) is 22.1 Å². The SMILES string of the molecule is CCOC(=O)c1c(-c2ccccc2)n(C)c2cc([N+](=O)[O-])ccc2c1=O. The smallest absolute Gasteiger partial charge is 0.344 e. The third kappa shape index (κ3) is 2.83. The van der Waals surface area contributed by atoms with Crippen LogP contribution in [0.2, 0.25) is 0 Å². The third-order valence-electron chi connectivity index (χ3n) is 4.12. The van der Waals surface area contributed by atoms with E-state index < -0.39 is 16.3 Å². The number of aromatic nitrogens is 1. The van der Waals surface area contributed by atoms with Crippen LogP contribution in [0.5, 0.6) is 0 Å². The first kappa shape index (κ1) is 17.3. The molecule has 132 valence electrons. The first-order valence-corrected chi connectivity index (χ1v) is 7.99. The third-order valence-corrected chi connectivity index (χ3v) is 4.12. The Morgan fingerprint density at radius 3 is 2.50 bits per heavy atom. The lowest BCUT2D eigenvalue weighted by Crippen LogP contribution is -2.23. The molecule has 0 fully saturated rings. The van der Waals surface area contributed by atoms with Crippen molar-refractivity contribution in [2.45, 2.75) is 6.92 Å². The highest BCUT2D eigenvalue weighted by atomic mass is 16.6. The highest BCUT2D eigenvalue weighted by molar-refractivity contribution is 6.01. The number of hydrogen-bond donors (Lipinski definition) is 0. The van der Waals surface area contributed by atoms with Crippen LogP contribution in [0, 0.1) is 10.1 Å². The summed E-state index contributed by atoms with van der Waals surface area (Å²) in [6, 6.07) is 12.9. The van der Waals surface area contributed by atoms with Gasteiger partial charge in [0.2, 0.25) is 5.43 Å². The van der Waals surface area contributed by atoms with Crippen LogP contribution in [0.15, 0.2) is 53.3 Å². The highest BCUT2D eigenvalue weighted by Crippen LogP contribution is 2.27. The summed E-state index contributed by atoms with van der Waals surface area (Å²) in [4.78, 5) is 36.1. The number of carbonyl (C=O) groups is 1. The summed E-state index contributed by atoms with van der Waals surface area (Å²) in [5.41, 5.74) is 0.657. The van der Waals surface area contributed by atoms with Gasteiger partial charge in [0.25, 0.3) is 5.69 Å². The summed E-state index contributed by atoms with van der Waals surface area (Å²) in [6.07, 6.45) is 0. The number of pyridine rings is 1. The lowest BCUT2D eigenvalue weighted by molar-refractivity contribution is -0.384. The molecule has 0 spiro atoms. The van der Waals surface area contributed by atoms with Gasteiger partial charge < -0.3 is 9.30 Å². The number of nitrogens with zero attached hydrogens (tertiary/aromatic N) is 2. The Kier molecular flexibility index (Phi) is 4.53. The van der Waals surface area contributed by atoms with Gasteiger partial charge in [-0.15, -0.1) is 0 Å². The van der Waals surface area contributed by atoms with Crippen molar-refractivity contribution in [3.63, 3.8) is 0 Å². The summed E-state index contributed by atoms with van der Waals surface area (Å²) in [6.45, 7) is 1.80. The Bertz CT molecular complexity index is 1070. The van der Waals surface area contributed by atoms with Crippen LogP contribution < -0.4 is 5.43 Å². The second-order valence-corrected chi connectivity index (χ2v) is 5.66. The van der Waals surface area contributed by atoms with E-state index in [0.717, 1.165) is 0 Å². The minimum Gasteiger partial charge on any atom is -0.462 e. The van der Waals surface area contributed by atoms with E-state index in [0.29, 0.717) is 16.8 Å². The van der Waals surface area contributed by atoms with E-state index in [4.69, 9.17) is 4.74 Å². The Labute approximate surface area is 148 Å². The average Bonchev–Trinajstić information content (AvgIpc) is 2.64. The van der Waals surface area contributed by atoms with E-state index in [9.17, 15) is 19.7 Å². The number of rotatable bonds is 4. The number of aryl methyl sites for hydroxylation is 1. The maximum absolute atomic E-state index is 13.0. The number of hydrogen-bond acceptors (Lipinski definition) is 5. The fraction of sp³-hybridized carbons (Fsp3) is 0.158. The highest BCUT2D eigenvalue weighted by Gasteiger charge is 2.24. The molecule has 0 amide bonds. The lowest BCUT2D eigenvalue weighted by Gasteiger charge is -2.16. The van der Waals surface area contributed by atoms with Crippen LogP contribution in [0.3, 0.4) is 0 Å². The predicted molar refractivity (Wildman–Crippen MR) is 97.2 cm³/mol. The zero-order valence-electron chi connectivity index (χ0n) is 14.3. The summed E-state index contributed by atoms with van der Waals surface area (Å²) in [7, 11) is 1.66. The molecular formula is C19H16N2O5. The number of nitro groups is 1. The van der Waals surface area contributed by atoms with Crippen molar-refractivity contribution in [1.29, 1.82) is 0 Å². The number of non-ortho nitro benzene ring substituents is 1. The molecule has 0 unspecified atom stereocenters. The normalized spacial score (nSPS) is 10.7. The van der Waals surface area contributed by atoms with Gasteiger partial charge in [0, 0.05) is 24.6 Å². The molecule has 0 saturated heterocycles. The summed E-state index contributed by atoms with van der Waals surface area (Å²) in [5.74, 6) is -0.716. The van der Waals surface area contributed by atoms with E-state index in [-0.39, 0.29) is 23.2 Å². The van der Waals surface area contributed by atoms with Gasteiger partial charge in [0.05, 0.1) is 22.7 Å². The van der Waals surface area contributed by atoms with Crippen molar-refractivity contribution < 1.29 is 14.5 Å². The summed E-state index contributed by atoms with van der Waals surface area (Å²) in [5, 5.41) is 11.3. The molecule has 7 nitrogen and oxygen atoms in total. The quantitative estimate of drug-likeness (QED) is 0.408. The molecule has 0 N–H and O–H groups in total. The molecule has 3 aromatic rings. The van der Waals surface area contributed by atoms with Crippen molar-refractivity contribution in [3.8, 4) is 11.3 Å². The molecule has 0 atom stereocenters. The largest absolute Gasteiger partial charge is 0.462 e. The molecule has 3 rings (SSSR count). The molecule has 0 aliphatic carbocycles. The first-order valence-electron chi connectivity index (χ1n) is 7.99. The summed E-state index contributed by atoms with van der Waals surface area (Å²) < 4.78 is 6.69. The van der Waals surface area contributed by atoms with Crippen molar-refractivity contribution in [1.82, 2.24) is 4.57 Å². The number of carbonyl (C=O) groups excluding carboxylic acids is 1. The molecule has 1 heterocycles. The second-order valence-electron chi connectivity index (χ2n) is 5.66. The number of nitro benzene ring substituents is 1. The fourth-order valence-electron chi connectivity index (χ4n) is 2.96. The molecule has 0 aliphatic heterocycles. The van der Waals surface area contributed by atoms with E-state index in [2.05, 4.69) is 0 Å². The van der Waals surface area contributed by atoms with Gasteiger partial charge in [0.1, 0.15) is 5.56 Å². The molecular weight excluding hydrogens is 336 g/mol. The van der Waals surface area contributed by atoms with Crippen LogP contribution in [0.4, 0.5) is 5.69 Å². The second kappa shape index (κ2) is 6.79. The van der Waals surface area contributed by atoms with Crippen LogP contribution >= 0.6 is 0 Å². The monoisotopic (exact) mass is 352 g/mol. The van der Waals surface area contributed by atoms with Crippen molar-refractivity contribution in [2.75, 3.05) is 6.61 Å². The molecule has 26 heavy (non-hydrogen) atoms. The standard InChI is InChI=1S/C19H16N2O5/c1-3-26-19(23)16-17(12-7-5-4-6-8-12)20(2)15-11-13(21(24)25)9-10-14(15)18(16)22/h4-11H,3H2,1-2H3. The molecule has 0 bridgehead atoms. The molecule has 0 radical (unpaired) electrons. The molecule has 7 heteroatoms. The van der Waals surface area contributed by atoms with Crippen molar-refractivity contribution in [3.05, 3.63) is 74.4 Å². The molecule has 1 aromatic heterocycles. The average molecular weight is 352 g/mol. The maximum Gasteiger partial charge on any atom is 0.344 e. The molecule has 0 aliphatic rings. The Morgan fingerprint density at radius 1 is 1.19 bits per heavy atom. The van der Waals surface area contributed by atoms with E-state index in [1.807, 2.05) is 6.07 Å². The zero-order valence-corrected chi connectivity index (χ0v) is 14.3. The number of benzene rings is 2. The maximum atomic E-state index is 13.0. The number of fused-ring (bicyclic) bond motifs is 1. The van der Waals surface area contributed by atoms with Crippen LogP contribution in [0.1, 0.15) is 17.3 Å². The van der Waals surface area contributed by atoms with Crippen LogP contribution in [-0.2, 0) is 11.8 Å². The number of ether oxygens (including phenoxy) is 1. The van der Waals surface area contributed by atoms with Gasteiger partial charge in [-0.25, -0.2) is 4.79 Å². The van der Waals surface area contributed by atoms with Gasteiger partial charge in [-0.05, 0) is 18.6 Å². The predicted octanol–water partition coefficient (Wildman–Crippen LogP) is 3.29. The topological polar surface area (TPSA) is 91.4 Å².